The highest BCUT2D eigenvalue weighted by molar-refractivity contribution is 5.69. The van der Waals surface area contributed by atoms with E-state index < -0.39 is 5.97 Å². The molecule has 0 bridgehead atoms. The van der Waals surface area contributed by atoms with Crippen LogP contribution in [0.1, 0.15) is 105 Å². The summed E-state index contributed by atoms with van der Waals surface area (Å²) in [5.74, 6) is -0.687. The summed E-state index contributed by atoms with van der Waals surface area (Å²) < 4.78 is 0. The summed E-state index contributed by atoms with van der Waals surface area (Å²) in [5, 5.41) is 9.45. The van der Waals surface area contributed by atoms with Gasteiger partial charge in [-0.2, -0.15) is 0 Å². The number of hydrogen-bond donors (Lipinski definition) is 1. The first kappa shape index (κ1) is 25.9. The first-order valence-electron chi connectivity index (χ1n) is 11.3. The van der Waals surface area contributed by atoms with Crippen molar-refractivity contribution in [3.8, 4) is 0 Å². The molecule has 0 saturated carbocycles. The van der Waals surface area contributed by atoms with E-state index in [9.17, 15) is 9.90 Å². The lowest BCUT2D eigenvalue weighted by Gasteiger charge is -2.37. The van der Waals surface area contributed by atoms with Crippen molar-refractivity contribution in [3.63, 3.8) is 0 Å². The predicted molar refractivity (Wildman–Crippen MR) is 118 cm³/mol. The van der Waals surface area contributed by atoms with Gasteiger partial charge in [-0.3, -0.25) is 9.69 Å². The number of allylic oxidation sites excluding steroid dienone is 4. The Labute approximate surface area is 168 Å². The third-order valence-electron chi connectivity index (χ3n) is 5.49. The Balaban J connectivity index is 4.58. The standard InChI is InChI=1S/C24H45NO2/c1-5-9-11-13-15-17-19-22(7-3)25(21-24(26)27)23(8-4)20-18-16-14-12-10-6-2/h5-6,9-10,22-23H,7-8,11-21H2,1-4H3,(H,26,27)/b9-5+,10-6+. The smallest absolute Gasteiger partial charge is 0.317 e. The van der Waals surface area contributed by atoms with Crippen molar-refractivity contribution in [2.45, 2.75) is 117 Å². The quantitative estimate of drug-likeness (QED) is 0.206. The average Bonchev–Trinajstić information content (AvgIpc) is 2.65. The van der Waals surface area contributed by atoms with E-state index in [0.29, 0.717) is 12.1 Å². The molecule has 0 aromatic rings. The van der Waals surface area contributed by atoms with Gasteiger partial charge in [-0.15, -0.1) is 0 Å². The van der Waals surface area contributed by atoms with Crippen molar-refractivity contribution in [2.24, 2.45) is 0 Å². The van der Waals surface area contributed by atoms with Crippen LogP contribution in [-0.2, 0) is 4.79 Å². The second-order valence-corrected chi connectivity index (χ2v) is 7.60. The molecule has 0 aliphatic carbocycles. The number of rotatable bonds is 18. The van der Waals surface area contributed by atoms with Gasteiger partial charge in [0.2, 0.25) is 0 Å². The zero-order valence-corrected chi connectivity index (χ0v) is 18.5. The van der Waals surface area contributed by atoms with E-state index in [-0.39, 0.29) is 6.54 Å². The Morgan fingerprint density at radius 2 is 1.26 bits per heavy atom. The normalized spacial score (nSPS) is 14.4. The number of hydrogen-bond acceptors (Lipinski definition) is 2. The van der Waals surface area contributed by atoms with E-state index in [2.05, 4.69) is 56.9 Å². The lowest BCUT2D eigenvalue weighted by atomic mass is 9.97. The molecule has 0 aromatic carbocycles. The van der Waals surface area contributed by atoms with Gasteiger partial charge in [0.05, 0.1) is 6.54 Å². The van der Waals surface area contributed by atoms with E-state index in [1.54, 1.807) is 0 Å². The molecule has 0 amide bonds. The molecule has 158 valence electrons. The zero-order valence-electron chi connectivity index (χ0n) is 18.5. The van der Waals surface area contributed by atoms with Crippen LogP contribution in [0.15, 0.2) is 24.3 Å². The fourth-order valence-corrected chi connectivity index (χ4v) is 3.89. The lowest BCUT2D eigenvalue weighted by Crippen LogP contribution is -2.45. The van der Waals surface area contributed by atoms with Crippen LogP contribution in [0.2, 0.25) is 0 Å². The molecule has 0 fully saturated rings. The third kappa shape index (κ3) is 13.7. The SMILES string of the molecule is C/C=C/CCCCCC(CC)N(CC(=O)O)C(CC)CCCCC/C=C/C. The number of carbonyl (C=O) groups is 1. The summed E-state index contributed by atoms with van der Waals surface area (Å²) in [7, 11) is 0. The Bertz CT molecular complexity index is 373. The van der Waals surface area contributed by atoms with Crippen LogP contribution >= 0.6 is 0 Å². The van der Waals surface area contributed by atoms with Crippen LogP contribution in [0.25, 0.3) is 0 Å². The molecule has 27 heavy (non-hydrogen) atoms. The molecule has 0 radical (unpaired) electrons. The molecule has 0 heterocycles. The lowest BCUT2D eigenvalue weighted by molar-refractivity contribution is -0.140. The van der Waals surface area contributed by atoms with Crippen LogP contribution in [0.3, 0.4) is 0 Å². The van der Waals surface area contributed by atoms with E-state index in [1.165, 1.54) is 38.5 Å². The van der Waals surface area contributed by atoms with Gasteiger partial charge in [-0.05, 0) is 65.2 Å². The first-order chi connectivity index (χ1) is 13.1. The summed E-state index contributed by atoms with van der Waals surface area (Å²) >= 11 is 0. The van der Waals surface area contributed by atoms with Crippen LogP contribution < -0.4 is 0 Å². The molecule has 3 nitrogen and oxygen atoms in total. The summed E-state index contributed by atoms with van der Waals surface area (Å²) in [4.78, 5) is 13.8. The van der Waals surface area contributed by atoms with Gasteiger partial charge in [0.1, 0.15) is 0 Å². The summed E-state index contributed by atoms with van der Waals surface area (Å²) in [5.41, 5.74) is 0. The maximum atomic E-state index is 11.5. The summed E-state index contributed by atoms with van der Waals surface area (Å²) in [6, 6.07) is 0.798. The predicted octanol–water partition coefficient (Wildman–Crippen LogP) is 6.98. The van der Waals surface area contributed by atoms with Crippen molar-refractivity contribution in [1.82, 2.24) is 4.90 Å². The van der Waals surface area contributed by atoms with Crippen molar-refractivity contribution in [2.75, 3.05) is 6.54 Å². The van der Waals surface area contributed by atoms with E-state index >= 15 is 0 Å². The molecule has 0 spiro atoms. The average molecular weight is 380 g/mol. The molecule has 2 unspecified atom stereocenters. The van der Waals surface area contributed by atoms with Gasteiger partial charge in [-0.1, -0.05) is 63.8 Å². The zero-order chi connectivity index (χ0) is 20.3. The van der Waals surface area contributed by atoms with Gasteiger partial charge >= 0.3 is 5.97 Å². The highest BCUT2D eigenvalue weighted by Crippen LogP contribution is 2.22. The number of carboxylic acid groups (broad SMARTS) is 1. The molecular weight excluding hydrogens is 334 g/mol. The van der Waals surface area contributed by atoms with E-state index in [1.807, 2.05) is 0 Å². The second kappa shape index (κ2) is 18.3. The largest absolute Gasteiger partial charge is 0.480 e. The minimum absolute atomic E-state index is 0.189. The Morgan fingerprint density at radius 3 is 1.59 bits per heavy atom. The van der Waals surface area contributed by atoms with Crippen molar-refractivity contribution in [1.29, 1.82) is 0 Å². The second-order valence-electron chi connectivity index (χ2n) is 7.60. The fourth-order valence-electron chi connectivity index (χ4n) is 3.89. The first-order valence-corrected chi connectivity index (χ1v) is 11.3. The number of carboxylic acids is 1. The molecule has 1 N–H and O–H groups in total. The van der Waals surface area contributed by atoms with Gasteiger partial charge in [0.15, 0.2) is 0 Å². The molecular formula is C24H45NO2. The molecule has 0 aliphatic rings. The van der Waals surface area contributed by atoms with E-state index in [0.717, 1.165) is 38.5 Å². The van der Waals surface area contributed by atoms with Crippen LogP contribution in [0, 0.1) is 0 Å². The van der Waals surface area contributed by atoms with Gasteiger partial charge in [0, 0.05) is 12.1 Å². The van der Waals surface area contributed by atoms with Crippen molar-refractivity contribution >= 4 is 5.97 Å². The van der Waals surface area contributed by atoms with Gasteiger partial charge in [-0.25, -0.2) is 0 Å². The molecule has 2 atom stereocenters. The minimum atomic E-state index is -0.687. The Hall–Kier alpha value is -1.09. The highest BCUT2D eigenvalue weighted by Gasteiger charge is 2.25. The van der Waals surface area contributed by atoms with Crippen LogP contribution in [0.5, 0.6) is 0 Å². The fraction of sp³-hybridized carbons (Fsp3) is 0.792. The van der Waals surface area contributed by atoms with Gasteiger partial charge < -0.3 is 5.11 Å². The maximum absolute atomic E-state index is 11.5. The molecule has 0 aromatic heterocycles. The van der Waals surface area contributed by atoms with Crippen molar-refractivity contribution in [3.05, 3.63) is 24.3 Å². The number of nitrogens with zero attached hydrogens (tertiary/aromatic N) is 1. The molecule has 3 heteroatoms. The monoisotopic (exact) mass is 379 g/mol. The molecule has 0 saturated heterocycles. The highest BCUT2D eigenvalue weighted by atomic mass is 16.4. The number of aliphatic carboxylic acids is 1. The topological polar surface area (TPSA) is 40.5 Å². The Kier molecular flexibility index (Phi) is 17.5. The minimum Gasteiger partial charge on any atom is -0.480 e. The van der Waals surface area contributed by atoms with E-state index in [4.69, 9.17) is 0 Å². The van der Waals surface area contributed by atoms with Crippen molar-refractivity contribution < 1.29 is 9.90 Å². The Morgan fingerprint density at radius 1 is 0.815 bits per heavy atom. The summed E-state index contributed by atoms with van der Waals surface area (Å²) in [6.45, 7) is 8.75. The molecule has 0 rings (SSSR count). The van der Waals surface area contributed by atoms with Crippen LogP contribution in [0.4, 0.5) is 0 Å². The molecule has 0 aliphatic heterocycles. The number of unbranched alkanes of at least 4 members (excludes halogenated alkanes) is 6. The maximum Gasteiger partial charge on any atom is 0.317 e. The van der Waals surface area contributed by atoms with Crippen LogP contribution in [-0.4, -0.2) is 34.6 Å². The summed E-state index contributed by atoms with van der Waals surface area (Å²) in [6.07, 6.45) is 22.7. The third-order valence-corrected chi connectivity index (χ3v) is 5.49. The van der Waals surface area contributed by atoms with Gasteiger partial charge in [0.25, 0.3) is 0 Å².